The van der Waals surface area contributed by atoms with Gasteiger partial charge in [-0.2, -0.15) is 0 Å². The second kappa shape index (κ2) is 10.9. The zero-order valence-corrected chi connectivity index (χ0v) is 15.3. The third-order valence-corrected chi connectivity index (χ3v) is 3.92. The zero-order valence-electron chi connectivity index (χ0n) is 14.5. The summed E-state index contributed by atoms with van der Waals surface area (Å²) in [4.78, 5) is 0. The molecule has 0 saturated heterocycles. The molecule has 2 N–H and O–H groups in total. The van der Waals surface area contributed by atoms with Crippen molar-refractivity contribution in [3.8, 4) is 11.5 Å². The fourth-order valence-corrected chi connectivity index (χ4v) is 2.61. The minimum atomic E-state index is 0. The standard InChI is InChI=1S/C19H25NO3.ClH/c1-21-17-10-9-15(13-18(17)22-2)11-12-20-14-19(23-3)16-7-5-4-6-8-16;/h4-10,13,19-20H,11-12,14H2,1-3H3;1H. The molecule has 0 aliphatic heterocycles. The minimum absolute atomic E-state index is 0. The van der Waals surface area contributed by atoms with Gasteiger partial charge in [-0.1, -0.05) is 36.4 Å². The highest BCUT2D eigenvalue weighted by atomic mass is 35.5. The van der Waals surface area contributed by atoms with Gasteiger partial charge in [0.05, 0.1) is 20.8 Å². The first kappa shape index (κ1) is 20.3. The van der Waals surface area contributed by atoms with Crippen molar-refractivity contribution in [3.05, 3.63) is 59.7 Å². The Morgan fingerprint density at radius 2 is 1.62 bits per heavy atom. The molecule has 0 aliphatic carbocycles. The molecule has 0 amide bonds. The van der Waals surface area contributed by atoms with Gasteiger partial charge >= 0.3 is 0 Å². The van der Waals surface area contributed by atoms with Gasteiger partial charge in [0.1, 0.15) is 12.6 Å². The average Bonchev–Trinajstić information content (AvgIpc) is 2.62. The van der Waals surface area contributed by atoms with Crippen LogP contribution < -0.4 is 27.2 Å². The second-order valence-corrected chi connectivity index (χ2v) is 5.39. The van der Waals surface area contributed by atoms with Gasteiger partial charge in [-0.25, -0.2) is 0 Å². The Hall–Kier alpha value is -1.75. The number of halogens is 1. The molecule has 5 heteroatoms. The van der Waals surface area contributed by atoms with Gasteiger partial charge in [-0.05, 0) is 23.3 Å². The molecule has 24 heavy (non-hydrogen) atoms. The maximum Gasteiger partial charge on any atom is 0.160 e. The maximum absolute atomic E-state index is 5.59. The molecule has 1 unspecified atom stereocenters. The first-order valence-corrected chi connectivity index (χ1v) is 7.88. The van der Waals surface area contributed by atoms with E-state index in [9.17, 15) is 0 Å². The van der Waals surface area contributed by atoms with E-state index in [0.29, 0.717) is 0 Å². The van der Waals surface area contributed by atoms with Crippen LogP contribution in [0.4, 0.5) is 0 Å². The molecule has 0 spiro atoms. The lowest BCUT2D eigenvalue weighted by atomic mass is 10.1. The van der Waals surface area contributed by atoms with Crippen molar-refractivity contribution in [2.24, 2.45) is 0 Å². The summed E-state index contributed by atoms with van der Waals surface area (Å²) < 4.78 is 16.2. The van der Waals surface area contributed by atoms with E-state index in [1.807, 2.05) is 30.3 Å². The van der Waals surface area contributed by atoms with Crippen molar-refractivity contribution >= 4 is 0 Å². The van der Waals surface area contributed by atoms with Crippen LogP contribution in [0.15, 0.2) is 48.5 Å². The maximum atomic E-state index is 5.59. The lowest BCUT2D eigenvalue weighted by molar-refractivity contribution is -0.661. The lowest BCUT2D eigenvalue weighted by Crippen LogP contribution is -3.00. The molecule has 0 heterocycles. The van der Waals surface area contributed by atoms with Gasteiger partial charge in [0.25, 0.3) is 0 Å². The van der Waals surface area contributed by atoms with Crippen molar-refractivity contribution in [3.63, 3.8) is 0 Å². The van der Waals surface area contributed by atoms with Gasteiger partial charge in [0.2, 0.25) is 0 Å². The number of ether oxygens (including phenoxy) is 3. The summed E-state index contributed by atoms with van der Waals surface area (Å²) in [5.74, 6) is 1.55. The number of quaternary nitrogens is 1. The molecule has 2 aromatic carbocycles. The molecule has 132 valence electrons. The first-order chi connectivity index (χ1) is 11.3. The number of hydrogen-bond acceptors (Lipinski definition) is 3. The molecule has 0 aliphatic rings. The number of methoxy groups -OCH3 is 3. The van der Waals surface area contributed by atoms with Crippen molar-refractivity contribution in [2.75, 3.05) is 34.4 Å². The topological polar surface area (TPSA) is 44.3 Å². The van der Waals surface area contributed by atoms with Crippen LogP contribution in [-0.4, -0.2) is 34.4 Å². The smallest absolute Gasteiger partial charge is 0.160 e. The van der Waals surface area contributed by atoms with Gasteiger partial charge in [-0.15, -0.1) is 0 Å². The van der Waals surface area contributed by atoms with Crippen LogP contribution in [0, 0.1) is 0 Å². The van der Waals surface area contributed by atoms with Crippen molar-refractivity contribution in [1.82, 2.24) is 0 Å². The fourth-order valence-electron chi connectivity index (χ4n) is 2.61. The first-order valence-electron chi connectivity index (χ1n) is 7.88. The molecule has 0 fully saturated rings. The normalized spacial score (nSPS) is 11.5. The van der Waals surface area contributed by atoms with Crippen molar-refractivity contribution < 1.29 is 31.9 Å². The van der Waals surface area contributed by atoms with Crippen LogP contribution in [0.5, 0.6) is 11.5 Å². The Bertz CT molecular complexity index is 592. The highest BCUT2D eigenvalue weighted by Gasteiger charge is 2.12. The van der Waals surface area contributed by atoms with E-state index in [1.165, 1.54) is 11.1 Å². The van der Waals surface area contributed by atoms with Crippen LogP contribution >= 0.6 is 0 Å². The molecule has 2 aromatic rings. The molecule has 0 radical (unpaired) electrons. The summed E-state index contributed by atoms with van der Waals surface area (Å²) in [6, 6.07) is 16.4. The number of nitrogens with two attached hydrogens (primary N) is 1. The van der Waals surface area contributed by atoms with E-state index in [4.69, 9.17) is 14.2 Å². The van der Waals surface area contributed by atoms with Gasteiger partial charge in [0.15, 0.2) is 11.5 Å². The predicted molar refractivity (Wildman–Crippen MR) is 91.1 cm³/mol. The summed E-state index contributed by atoms with van der Waals surface area (Å²) in [7, 11) is 5.08. The Morgan fingerprint density at radius 3 is 2.25 bits per heavy atom. The third-order valence-electron chi connectivity index (χ3n) is 3.92. The Kier molecular flexibility index (Phi) is 9.23. The molecule has 4 nitrogen and oxygen atoms in total. The Morgan fingerprint density at radius 1 is 0.917 bits per heavy atom. The Labute approximate surface area is 150 Å². The molecular weight excluding hydrogens is 326 g/mol. The summed E-state index contributed by atoms with van der Waals surface area (Å²) in [5.41, 5.74) is 2.46. The highest BCUT2D eigenvalue weighted by Crippen LogP contribution is 2.27. The summed E-state index contributed by atoms with van der Waals surface area (Å²) in [5, 5.41) is 2.29. The SMILES string of the molecule is COc1ccc(CC[NH2+]CC(OC)c2ccccc2)cc1OC.[Cl-]. The number of benzene rings is 2. The fraction of sp³-hybridized carbons (Fsp3) is 0.368. The molecule has 0 aromatic heterocycles. The van der Waals surface area contributed by atoms with E-state index in [-0.39, 0.29) is 18.5 Å². The number of rotatable bonds is 9. The highest BCUT2D eigenvalue weighted by molar-refractivity contribution is 5.42. The van der Waals surface area contributed by atoms with E-state index in [1.54, 1.807) is 21.3 Å². The molecule has 1 atom stereocenters. The lowest BCUT2D eigenvalue weighted by Gasteiger charge is -2.14. The van der Waals surface area contributed by atoms with E-state index < -0.39 is 0 Å². The molecule has 0 saturated carbocycles. The van der Waals surface area contributed by atoms with Crippen LogP contribution in [0.3, 0.4) is 0 Å². The van der Waals surface area contributed by atoms with Crippen LogP contribution in [0.25, 0.3) is 0 Å². The molecule has 2 rings (SSSR count). The molecule has 0 bridgehead atoms. The average molecular weight is 352 g/mol. The van der Waals surface area contributed by atoms with E-state index >= 15 is 0 Å². The zero-order chi connectivity index (χ0) is 16.5. The van der Waals surface area contributed by atoms with E-state index in [2.05, 4.69) is 23.5 Å². The largest absolute Gasteiger partial charge is 1.00 e. The third kappa shape index (κ3) is 5.71. The number of hydrogen-bond donors (Lipinski definition) is 1. The summed E-state index contributed by atoms with van der Waals surface area (Å²) in [6.45, 7) is 1.91. The second-order valence-electron chi connectivity index (χ2n) is 5.39. The van der Waals surface area contributed by atoms with Crippen molar-refractivity contribution in [1.29, 1.82) is 0 Å². The van der Waals surface area contributed by atoms with Gasteiger partial charge < -0.3 is 31.9 Å². The van der Waals surface area contributed by atoms with Crippen molar-refractivity contribution in [2.45, 2.75) is 12.5 Å². The summed E-state index contributed by atoms with van der Waals surface area (Å²) in [6.07, 6.45) is 1.10. The van der Waals surface area contributed by atoms with Crippen LogP contribution in [0.2, 0.25) is 0 Å². The van der Waals surface area contributed by atoms with Crippen LogP contribution in [0.1, 0.15) is 17.2 Å². The Balaban J connectivity index is 0.00000288. The minimum Gasteiger partial charge on any atom is -1.00 e. The monoisotopic (exact) mass is 351 g/mol. The predicted octanol–water partition coefficient (Wildman–Crippen LogP) is -0.799. The molecular formula is C19H26ClNO3. The van der Waals surface area contributed by atoms with E-state index in [0.717, 1.165) is 31.0 Å². The summed E-state index contributed by atoms with van der Waals surface area (Å²) >= 11 is 0. The van der Waals surface area contributed by atoms with Gasteiger partial charge in [0, 0.05) is 13.5 Å². The van der Waals surface area contributed by atoms with Gasteiger partial charge in [-0.3, -0.25) is 0 Å². The van der Waals surface area contributed by atoms with Crippen LogP contribution in [-0.2, 0) is 11.2 Å². The quantitative estimate of drug-likeness (QED) is 0.602.